The highest BCUT2D eigenvalue weighted by Crippen LogP contribution is 2.18. The van der Waals surface area contributed by atoms with Gasteiger partial charge in [0.05, 0.1) is 11.6 Å². The second kappa shape index (κ2) is 12.0. The molecule has 0 saturated carbocycles. The van der Waals surface area contributed by atoms with Crippen LogP contribution >= 0.6 is 11.8 Å². The van der Waals surface area contributed by atoms with E-state index in [-0.39, 0.29) is 32.1 Å². The van der Waals surface area contributed by atoms with Gasteiger partial charge in [0.2, 0.25) is 5.91 Å². The van der Waals surface area contributed by atoms with Crippen LogP contribution in [-0.4, -0.2) is 47.5 Å². The first kappa shape index (κ1) is 22.6. The molecule has 0 aliphatic carbocycles. The summed E-state index contributed by atoms with van der Waals surface area (Å²) in [7, 11) is 0. The molecule has 1 aliphatic rings. The van der Waals surface area contributed by atoms with Crippen LogP contribution in [0.15, 0.2) is 41.4 Å². The number of alkyl carbamates (subject to hydrolysis) is 1. The van der Waals surface area contributed by atoms with Crippen LogP contribution in [0.2, 0.25) is 0 Å². The summed E-state index contributed by atoms with van der Waals surface area (Å²) < 4.78 is 5.11. The van der Waals surface area contributed by atoms with Crippen molar-refractivity contribution in [2.45, 2.75) is 38.5 Å². The lowest BCUT2D eigenvalue weighted by Crippen LogP contribution is -2.48. The van der Waals surface area contributed by atoms with Gasteiger partial charge in [-0.05, 0) is 23.8 Å². The molecule has 1 aromatic carbocycles. The second-order valence-corrected chi connectivity index (χ2v) is 7.46. The molecule has 2 atom stereocenters. The average Bonchev–Trinajstić information content (AvgIpc) is 3.16. The van der Waals surface area contributed by atoms with Crippen LogP contribution in [0.5, 0.6) is 0 Å². The molecule has 1 aromatic rings. The summed E-state index contributed by atoms with van der Waals surface area (Å²) in [6.45, 7) is 2.24. The molecule has 0 radical (unpaired) electrons. The smallest absolute Gasteiger partial charge is 0.408 e. The van der Waals surface area contributed by atoms with Gasteiger partial charge in [-0.1, -0.05) is 37.3 Å². The Bertz CT molecular complexity index is 728. The number of ether oxygens (including phenoxy) is 1. The number of carbonyl (C=O) groups is 3. The van der Waals surface area contributed by atoms with Gasteiger partial charge in [-0.15, -0.1) is 11.8 Å². The van der Waals surface area contributed by atoms with Gasteiger partial charge in [-0.2, -0.15) is 0 Å². The minimum Gasteiger partial charge on any atom is -0.481 e. The number of hydrogen-bond acceptors (Lipinski definition) is 7. The molecule has 9 nitrogen and oxygen atoms in total. The van der Waals surface area contributed by atoms with Crippen molar-refractivity contribution in [3.8, 4) is 0 Å². The van der Waals surface area contributed by atoms with Crippen molar-refractivity contribution in [3.05, 3.63) is 47.0 Å². The molecule has 0 aromatic heterocycles. The SMILES string of the molecule is CCSC1=CC(CNC(=O)[C@H](CCC(=O)O)NC(=O)OCc2ccccc2)ON1. The Morgan fingerprint density at radius 1 is 1.31 bits per heavy atom. The van der Waals surface area contributed by atoms with Crippen molar-refractivity contribution in [1.29, 1.82) is 0 Å². The Labute approximate surface area is 173 Å². The van der Waals surface area contributed by atoms with E-state index in [1.165, 1.54) is 0 Å². The summed E-state index contributed by atoms with van der Waals surface area (Å²) in [4.78, 5) is 40.7. The van der Waals surface area contributed by atoms with Gasteiger partial charge in [0.15, 0.2) is 0 Å². The molecule has 0 saturated heterocycles. The third kappa shape index (κ3) is 8.44. The fourth-order valence-electron chi connectivity index (χ4n) is 2.47. The van der Waals surface area contributed by atoms with E-state index in [1.807, 2.05) is 31.2 Å². The van der Waals surface area contributed by atoms with Crippen molar-refractivity contribution in [1.82, 2.24) is 16.1 Å². The Kier molecular flexibility index (Phi) is 9.32. The van der Waals surface area contributed by atoms with Gasteiger partial charge in [0.1, 0.15) is 18.8 Å². The molecular formula is C19H25N3O6S. The van der Waals surface area contributed by atoms with Gasteiger partial charge < -0.3 is 20.5 Å². The molecule has 29 heavy (non-hydrogen) atoms. The lowest BCUT2D eigenvalue weighted by molar-refractivity contribution is -0.137. The molecule has 0 fully saturated rings. The molecule has 0 bridgehead atoms. The van der Waals surface area contributed by atoms with Crippen LogP contribution in [0, 0.1) is 0 Å². The summed E-state index contributed by atoms with van der Waals surface area (Å²) >= 11 is 1.58. The Hall–Kier alpha value is -2.72. The minimum atomic E-state index is -1.06. The fourth-order valence-corrected chi connectivity index (χ4v) is 3.14. The highest BCUT2D eigenvalue weighted by atomic mass is 32.2. The molecule has 158 valence electrons. The van der Waals surface area contributed by atoms with Crippen molar-refractivity contribution >= 4 is 29.7 Å². The van der Waals surface area contributed by atoms with Crippen molar-refractivity contribution in [3.63, 3.8) is 0 Å². The summed E-state index contributed by atoms with van der Waals surface area (Å²) in [5, 5.41) is 14.9. The van der Waals surface area contributed by atoms with E-state index >= 15 is 0 Å². The zero-order valence-corrected chi connectivity index (χ0v) is 16.9. The highest BCUT2D eigenvalue weighted by Gasteiger charge is 2.24. The maximum atomic E-state index is 12.5. The number of amides is 2. The second-order valence-electron chi connectivity index (χ2n) is 6.16. The normalized spacial score (nSPS) is 16.3. The average molecular weight is 423 g/mol. The van der Waals surface area contributed by atoms with Crippen molar-refractivity contribution < 1.29 is 29.1 Å². The first-order chi connectivity index (χ1) is 14.0. The van der Waals surface area contributed by atoms with Gasteiger partial charge in [-0.25, -0.2) is 4.79 Å². The third-order valence-corrected chi connectivity index (χ3v) is 4.71. The first-order valence-corrected chi connectivity index (χ1v) is 10.2. The fraction of sp³-hybridized carbons (Fsp3) is 0.421. The number of nitrogens with one attached hydrogen (secondary N) is 3. The van der Waals surface area contributed by atoms with Crippen LogP contribution in [0.3, 0.4) is 0 Å². The molecule has 1 unspecified atom stereocenters. The lowest BCUT2D eigenvalue weighted by atomic mass is 10.1. The quantitative estimate of drug-likeness (QED) is 0.424. The maximum absolute atomic E-state index is 12.5. The number of carboxylic acid groups (broad SMARTS) is 1. The number of hydrogen-bond donors (Lipinski definition) is 4. The summed E-state index contributed by atoms with van der Waals surface area (Å²) in [5.41, 5.74) is 3.57. The largest absolute Gasteiger partial charge is 0.481 e. The number of aliphatic carboxylic acids is 1. The standard InChI is InChI=1S/C19H25N3O6S/c1-2-29-16-10-14(28-22-16)11-20-18(25)15(8-9-17(23)24)21-19(26)27-12-13-6-4-3-5-7-13/h3-7,10,14-15,22H,2,8-9,11-12H2,1H3,(H,20,25)(H,21,26)(H,23,24)/t14?,15-/m0/s1. The van der Waals surface area contributed by atoms with E-state index in [1.54, 1.807) is 23.9 Å². The van der Waals surface area contributed by atoms with Gasteiger partial charge in [-0.3, -0.25) is 19.9 Å². The summed E-state index contributed by atoms with van der Waals surface area (Å²) in [5.74, 6) is -0.681. The van der Waals surface area contributed by atoms with Gasteiger partial charge in [0.25, 0.3) is 0 Å². The van der Waals surface area contributed by atoms with E-state index < -0.39 is 24.0 Å². The van der Waals surface area contributed by atoms with Crippen molar-refractivity contribution in [2.75, 3.05) is 12.3 Å². The minimum absolute atomic E-state index is 0.0458. The zero-order chi connectivity index (χ0) is 21.1. The number of thioether (sulfide) groups is 1. The van der Waals surface area contributed by atoms with Crippen LogP contribution in [0.4, 0.5) is 4.79 Å². The zero-order valence-electron chi connectivity index (χ0n) is 16.1. The van der Waals surface area contributed by atoms with E-state index in [4.69, 9.17) is 14.7 Å². The van der Waals surface area contributed by atoms with Crippen LogP contribution in [0.1, 0.15) is 25.3 Å². The summed E-state index contributed by atoms with van der Waals surface area (Å²) in [6, 6.07) is 8.05. The summed E-state index contributed by atoms with van der Waals surface area (Å²) in [6.07, 6.45) is 0.383. The number of rotatable bonds is 11. The van der Waals surface area contributed by atoms with Crippen LogP contribution in [0.25, 0.3) is 0 Å². The maximum Gasteiger partial charge on any atom is 0.408 e. The Morgan fingerprint density at radius 2 is 2.07 bits per heavy atom. The third-order valence-electron chi connectivity index (χ3n) is 3.89. The van der Waals surface area contributed by atoms with E-state index in [0.29, 0.717) is 0 Å². The predicted octanol–water partition coefficient (Wildman–Crippen LogP) is 1.76. The van der Waals surface area contributed by atoms with Crippen LogP contribution in [-0.2, 0) is 25.8 Å². The lowest BCUT2D eigenvalue weighted by Gasteiger charge is -2.18. The van der Waals surface area contributed by atoms with E-state index in [9.17, 15) is 14.4 Å². The molecule has 2 rings (SSSR count). The topological polar surface area (TPSA) is 126 Å². The van der Waals surface area contributed by atoms with Gasteiger partial charge >= 0.3 is 12.1 Å². The first-order valence-electron chi connectivity index (χ1n) is 9.21. The number of benzene rings is 1. The molecule has 2 amide bonds. The predicted molar refractivity (Wildman–Crippen MR) is 108 cm³/mol. The number of carbonyl (C=O) groups excluding carboxylic acids is 2. The molecule has 10 heteroatoms. The highest BCUT2D eigenvalue weighted by molar-refractivity contribution is 8.02. The molecule has 1 heterocycles. The molecule has 0 spiro atoms. The Morgan fingerprint density at radius 3 is 2.76 bits per heavy atom. The van der Waals surface area contributed by atoms with E-state index in [0.717, 1.165) is 16.3 Å². The Balaban J connectivity index is 1.84. The molecule has 4 N–H and O–H groups in total. The van der Waals surface area contributed by atoms with Crippen LogP contribution < -0.4 is 16.1 Å². The molecule has 1 aliphatic heterocycles. The number of carboxylic acids is 1. The van der Waals surface area contributed by atoms with Gasteiger partial charge in [0, 0.05) is 6.42 Å². The monoisotopic (exact) mass is 423 g/mol. The van der Waals surface area contributed by atoms with Crippen molar-refractivity contribution in [2.24, 2.45) is 0 Å². The number of hydroxylamine groups is 1. The molecular weight excluding hydrogens is 398 g/mol. The van der Waals surface area contributed by atoms with E-state index in [2.05, 4.69) is 16.1 Å².